The zero-order chi connectivity index (χ0) is 15.3. The van der Waals surface area contributed by atoms with Crippen LogP contribution in [0.15, 0.2) is 3.79 Å². The summed E-state index contributed by atoms with van der Waals surface area (Å²) in [4.78, 5) is 12.2. The highest BCUT2D eigenvalue weighted by atomic mass is 79.9. The van der Waals surface area contributed by atoms with Crippen molar-refractivity contribution in [3.05, 3.63) is 19.8 Å². The van der Waals surface area contributed by atoms with E-state index >= 15 is 0 Å². The lowest BCUT2D eigenvalue weighted by atomic mass is 9.81. The number of carbonyl (C=O) groups is 1. The highest BCUT2D eigenvalue weighted by Crippen LogP contribution is 2.48. The second-order valence-corrected chi connectivity index (χ2v) is 9.02. The lowest BCUT2D eigenvalue weighted by Crippen LogP contribution is -2.55. The van der Waals surface area contributed by atoms with Crippen LogP contribution in [0.5, 0.6) is 0 Å². The van der Waals surface area contributed by atoms with E-state index in [1.165, 1.54) is 19.8 Å². The first-order chi connectivity index (χ1) is 9.05. The summed E-state index contributed by atoms with van der Waals surface area (Å²) in [7, 11) is 0. The van der Waals surface area contributed by atoms with Gasteiger partial charge >= 0.3 is 6.09 Å². The zero-order valence-electron chi connectivity index (χ0n) is 12.5. The first-order valence-electron chi connectivity index (χ1n) is 6.64. The van der Waals surface area contributed by atoms with Crippen LogP contribution in [0, 0.1) is 0 Å². The van der Waals surface area contributed by atoms with E-state index in [1.54, 1.807) is 11.3 Å². The molecule has 1 amide bonds. The number of nitrogens with zero attached hydrogens (tertiary/aromatic N) is 1. The summed E-state index contributed by atoms with van der Waals surface area (Å²) in [5, 5.41) is 10.8. The van der Waals surface area contributed by atoms with Crippen LogP contribution in [0.25, 0.3) is 0 Å². The molecular formula is C14H21BrN2O2S. The van der Waals surface area contributed by atoms with Crippen LogP contribution in [0.4, 0.5) is 4.79 Å². The fourth-order valence-electron chi connectivity index (χ4n) is 2.85. The molecule has 2 N–H and O–H groups in total. The molecule has 6 heteroatoms. The first-order valence-corrected chi connectivity index (χ1v) is 8.25. The zero-order valence-corrected chi connectivity index (χ0v) is 14.9. The lowest BCUT2D eigenvalue weighted by molar-refractivity contribution is 0.0496. The summed E-state index contributed by atoms with van der Waals surface area (Å²) in [5.74, 6) is 0. The van der Waals surface area contributed by atoms with Crippen molar-refractivity contribution in [1.29, 1.82) is 0 Å². The number of carboxylic acid groups (broad SMARTS) is 1. The molecule has 2 rings (SSSR count). The lowest BCUT2D eigenvalue weighted by Gasteiger charge is -2.41. The van der Waals surface area contributed by atoms with Crippen LogP contribution in [0.1, 0.15) is 50.6 Å². The van der Waals surface area contributed by atoms with Crippen molar-refractivity contribution in [2.45, 2.75) is 52.0 Å². The number of hydrogen-bond acceptors (Lipinski definition) is 3. The van der Waals surface area contributed by atoms with Crippen LogP contribution in [-0.2, 0) is 17.4 Å². The largest absolute Gasteiger partial charge is 0.464 e. The van der Waals surface area contributed by atoms with Gasteiger partial charge in [-0.25, -0.2) is 9.80 Å². The van der Waals surface area contributed by atoms with Gasteiger partial charge in [0.1, 0.15) is 0 Å². The van der Waals surface area contributed by atoms with E-state index in [1.807, 2.05) is 5.01 Å². The Kier molecular flexibility index (Phi) is 3.95. The number of amides is 1. The molecule has 0 fully saturated rings. The molecule has 0 saturated carbocycles. The third kappa shape index (κ3) is 2.61. The number of halogens is 1. The maximum atomic E-state index is 10.9. The van der Waals surface area contributed by atoms with Crippen molar-refractivity contribution in [1.82, 2.24) is 10.4 Å². The average molecular weight is 361 g/mol. The van der Waals surface area contributed by atoms with Crippen LogP contribution >= 0.6 is 27.3 Å². The minimum absolute atomic E-state index is 0.0847. The molecule has 20 heavy (non-hydrogen) atoms. The maximum Gasteiger partial charge on any atom is 0.419 e. The molecular weight excluding hydrogens is 340 g/mol. The third-order valence-corrected chi connectivity index (χ3v) is 5.98. The SMILES string of the molecule is CC(C)(C)c1c(Br)sc2c1CCN(NC(=O)O)C2(C)C. The summed E-state index contributed by atoms with van der Waals surface area (Å²) in [6, 6.07) is 0. The second kappa shape index (κ2) is 5.00. The predicted octanol–water partition coefficient (Wildman–Crippen LogP) is 4.08. The number of hydrogen-bond donors (Lipinski definition) is 2. The summed E-state index contributed by atoms with van der Waals surface area (Å²) in [6.07, 6.45) is -0.138. The smallest absolute Gasteiger partial charge is 0.419 e. The number of rotatable bonds is 1. The van der Waals surface area contributed by atoms with Gasteiger partial charge in [0.05, 0.1) is 9.33 Å². The molecule has 2 heterocycles. The topological polar surface area (TPSA) is 52.6 Å². The van der Waals surface area contributed by atoms with Gasteiger partial charge in [-0.1, -0.05) is 20.8 Å². The molecule has 1 aromatic rings. The third-order valence-electron chi connectivity index (χ3n) is 3.76. The molecule has 1 aromatic heterocycles. The molecule has 4 nitrogen and oxygen atoms in total. The number of hydrazine groups is 1. The molecule has 0 aliphatic carbocycles. The molecule has 0 atom stereocenters. The van der Waals surface area contributed by atoms with E-state index < -0.39 is 6.09 Å². The highest BCUT2D eigenvalue weighted by molar-refractivity contribution is 9.11. The van der Waals surface area contributed by atoms with Crippen molar-refractivity contribution in [2.24, 2.45) is 0 Å². The Morgan fingerprint density at radius 2 is 2.05 bits per heavy atom. The van der Waals surface area contributed by atoms with Gasteiger partial charge in [-0.2, -0.15) is 0 Å². The van der Waals surface area contributed by atoms with Gasteiger partial charge in [0.2, 0.25) is 0 Å². The highest BCUT2D eigenvalue weighted by Gasteiger charge is 2.40. The minimum Gasteiger partial charge on any atom is -0.464 e. The molecule has 1 aliphatic rings. The molecule has 0 saturated heterocycles. The Morgan fingerprint density at radius 3 is 2.55 bits per heavy atom. The van der Waals surface area contributed by atoms with Crippen molar-refractivity contribution in [3.8, 4) is 0 Å². The van der Waals surface area contributed by atoms with E-state index in [0.717, 1.165) is 6.42 Å². The monoisotopic (exact) mass is 360 g/mol. The van der Waals surface area contributed by atoms with Crippen LogP contribution in [-0.4, -0.2) is 22.8 Å². The van der Waals surface area contributed by atoms with Gasteiger partial charge in [-0.3, -0.25) is 5.43 Å². The van der Waals surface area contributed by atoms with E-state index in [0.29, 0.717) is 6.54 Å². The molecule has 0 radical (unpaired) electrons. The van der Waals surface area contributed by atoms with E-state index in [4.69, 9.17) is 5.11 Å². The van der Waals surface area contributed by atoms with Crippen LogP contribution in [0.2, 0.25) is 0 Å². The Balaban J connectivity index is 2.50. The molecule has 1 aliphatic heterocycles. The molecule has 0 aromatic carbocycles. The Morgan fingerprint density at radius 1 is 1.45 bits per heavy atom. The molecule has 0 spiro atoms. The van der Waals surface area contributed by atoms with Crippen LogP contribution < -0.4 is 5.43 Å². The number of thiophene rings is 1. The summed E-state index contributed by atoms with van der Waals surface area (Å²) in [6.45, 7) is 11.5. The van der Waals surface area contributed by atoms with Crippen molar-refractivity contribution < 1.29 is 9.90 Å². The molecule has 0 unspecified atom stereocenters. The van der Waals surface area contributed by atoms with Gasteiger partial charge in [-0.05, 0) is 52.7 Å². The number of nitrogens with one attached hydrogen (secondary N) is 1. The maximum absolute atomic E-state index is 10.9. The quantitative estimate of drug-likeness (QED) is 0.792. The first kappa shape index (κ1) is 15.8. The van der Waals surface area contributed by atoms with Gasteiger partial charge in [0.15, 0.2) is 0 Å². The van der Waals surface area contributed by atoms with Gasteiger partial charge < -0.3 is 5.11 Å². The minimum atomic E-state index is -1.01. The van der Waals surface area contributed by atoms with E-state index in [9.17, 15) is 4.79 Å². The summed E-state index contributed by atoms with van der Waals surface area (Å²) in [5.41, 5.74) is 5.01. The molecule has 112 valence electrons. The summed E-state index contributed by atoms with van der Waals surface area (Å²) >= 11 is 5.42. The Labute approximate surface area is 132 Å². The van der Waals surface area contributed by atoms with E-state index in [2.05, 4.69) is 56.0 Å². The van der Waals surface area contributed by atoms with Crippen molar-refractivity contribution in [2.75, 3.05) is 6.54 Å². The van der Waals surface area contributed by atoms with Crippen molar-refractivity contribution >= 4 is 33.4 Å². The van der Waals surface area contributed by atoms with E-state index in [-0.39, 0.29) is 11.0 Å². The average Bonchev–Trinajstić information content (AvgIpc) is 2.59. The Hall–Kier alpha value is -0.590. The summed E-state index contributed by atoms with van der Waals surface area (Å²) < 4.78 is 1.17. The Bertz CT molecular complexity index is 546. The van der Waals surface area contributed by atoms with Crippen molar-refractivity contribution in [3.63, 3.8) is 0 Å². The van der Waals surface area contributed by atoms with Crippen LogP contribution in [0.3, 0.4) is 0 Å². The fraction of sp³-hybridized carbons (Fsp3) is 0.643. The fourth-order valence-corrected chi connectivity index (χ4v) is 5.57. The molecule has 0 bridgehead atoms. The number of fused-ring (bicyclic) bond motifs is 1. The van der Waals surface area contributed by atoms with Gasteiger partial charge in [-0.15, -0.1) is 11.3 Å². The predicted molar refractivity (Wildman–Crippen MR) is 85.3 cm³/mol. The van der Waals surface area contributed by atoms with Gasteiger partial charge in [0, 0.05) is 11.4 Å². The standard InChI is InChI=1S/C14H21BrN2O2S/c1-13(2,3)9-8-6-7-17(16-12(18)19)14(4,5)10(8)20-11(9)15/h16H,6-7H2,1-5H3,(H,18,19). The second-order valence-electron chi connectivity index (χ2n) is 6.69. The van der Waals surface area contributed by atoms with Gasteiger partial charge in [0.25, 0.3) is 0 Å². The normalized spacial score (nSPS) is 18.7.